The van der Waals surface area contributed by atoms with Crippen molar-refractivity contribution >= 4 is 23.5 Å². The number of hydrogen-bond acceptors (Lipinski definition) is 11. The highest BCUT2D eigenvalue weighted by Gasteiger charge is 2.74. The number of nitrogens with zero attached hydrogens (tertiary/aromatic N) is 3. The van der Waals surface area contributed by atoms with E-state index in [4.69, 9.17) is 18.9 Å². The quantitative estimate of drug-likeness (QED) is 0.127. The molecule has 3 fully saturated rings. The van der Waals surface area contributed by atoms with Gasteiger partial charge in [-0.25, -0.2) is 0 Å². The number of ether oxygens (including phenoxy) is 4. The van der Waals surface area contributed by atoms with Crippen LogP contribution in [0.5, 0.6) is 17.2 Å². The van der Waals surface area contributed by atoms with Crippen molar-refractivity contribution < 1.29 is 43.5 Å². The van der Waals surface area contributed by atoms with Gasteiger partial charge >= 0.3 is 5.97 Å². The van der Waals surface area contributed by atoms with E-state index in [1.165, 1.54) is 0 Å². The van der Waals surface area contributed by atoms with E-state index in [2.05, 4.69) is 27.0 Å². The molecule has 10 rings (SSSR count). The summed E-state index contributed by atoms with van der Waals surface area (Å²) >= 11 is 0. The summed E-state index contributed by atoms with van der Waals surface area (Å²) in [4.78, 5) is 53.0. The Hall–Kier alpha value is -6.69. The second-order valence-corrected chi connectivity index (χ2v) is 16.7. The first-order valence-electron chi connectivity index (χ1n) is 21.8. The van der Waals surface area contributed by atoms with Crippen LogP contribution in [-0.2, 0) is 31.1 Å². The minimum Gasteiger partial charge on any atom is -0.491 e. The van der Waals surface area contributed by atoms with Crippen LogP contribution in [0.2, 0.25) is 0 Å². The summed E-state index contributed by atoms with van der Waals surface area (Å²) in [5.41, 5.74) is 3.28. The molecule has 2 amide bonds. The average Bonchev–Trinajstić information content (AvgIpc) is 4.01. The molecule has 326 valence electrons. The number of aliphatic hydroxyl groups is 2. The van der Waals surface area contributed by atoms with Gasteiger partial charge in [0.1, 0.15) is 29.9 Å². The Morgan fingerprint density at radius 3 is 2.30 bits per heavy atom. The van der Waals surface area contributed by atoms with E-state index in [0.29, 0.717) is 72.4 Å². The van der Waals surface area contributed by atoms with Crippen LogP contribution >= 0.6 is 0 Å². The normalized spacial score (nSPS) is 24.7. The monoisotopic (exact) mass is 860 g/mol. The molecule has 5 aliphatic heterocycles. The molecule has 0 radical (unpaired) electrons. The fraction of sp³-hybridized carbons (Fsp3) is 0.314. The molecule has 0 aromatic heterocycles. The number of morpholine rings is 1. The van der Waals surface area contributed by atoms with Gasteiger partial charge in [-0.1, -0.05) is 90.7 Å². The minimum atomic E-state index is -1.69. The standard InChI is InChI=1S/C51H48N4O9/c56-25-8-7-10-33-17-19-40-39(28-33)51(50(60)52-40)43(48(58)54-23-21-53(22-24-54)31-34-18-20-41-42(29-34)63-32-62-41)45-49(59)64-46(36-13-5-2-6-14-36)44(35-11-3-1-4-12-35)55(45)47(51)37-15-9-16-38(30-37)61-27-26-57/h1-6,9,11-20,28-30,43-47,56-57H,8,21-27,31-32H2,(H,52,60). The zero-order valence-electron chi connectivity index (χ0n) is 35.1. The van der Waals surface area contributed by atoms with Gasteiger partial charge in [-0.3, -0.25) is 24.2 Å². The third-order valence-corrected chi connectivity index (χ3v) is 13.1. The predicted octanol–water partition coefficient (Wildman–Crippen LogP) is 5.14. The summed E-state index contributed by atoms with van der Waals surface area (Å²) in [5.74, 6) is 5.46. The lowest BCUT2D eigenvalue weighted by molar-refractivity contribution is -0.179. The van der Waals surface area contributed by atoms with Crippen molar-refractivity contribution in [3.05, 3.63) is 155 Å². The molecule has 0 saturated carbocycles. The first kappa shape index (κ1) is 41.3. The van der Waals surface area contributed by atoms with E-state index in [1.54, 1.807) is 17.0 Å². The second kappa shape index (κ2) is 17.5. The lowest BCUT2D eigenvalue weighted by Gasteiger charge is -2.46. The number of amides is 2. The molecule has 5 aliphatic rings. The van der Waals surface area contributed by atoms with E-state index in [1.807, 2.05) is 109 Å². The Morgan fingerprint density at radius 1 is 0.781 bits per heavy atom. The number of aliphatic hydroxyl groups excluding tert-OH is 2. The topological polar surface area (TPSA) is 150 Å². The molecule has 13 heteroatoms. The summed E-state index contributed by atoms with van der Waals surface area (Å²) in [6, 6.07) is 35.3. The van der Waals surface area contributed by atoms with Gasteiger partial charge in [0.15, 0.2) is 11.5 Å². The van der Waals surface area contributed by atoms with Crippen LogP contribution in [0.25, 0.3) is 0 Å². The maximum absolute atomic E-state index is 15.9. The molecule has 13 nitrogen and oxygen atoms in total. The molecule has 0 aliphatic carbocycles. The first-order valence-corrected chi connectivity index (χ1v) is 21.8. The molecule has 3 N–H and O–H groups in total. The third-order valence-electron chi connectivity index (χ3n) is 13.1. The molecule has 5 heterocycles. The lowest BCUT2D eigenvalue weighted by atomic mass is 9.65. The molecule has 1 spiro atoms. The highest BCUT2D eigenvalue weighted by molar-refractivity contribution is 6.12. The van der Waals surface area contributed by atoms with Crippen molar-refractivity contribution in [3.8, 4) is 29.1 Å². The summed E-state index contributed by atoms with van der Waals surface area (Å²) in [5, 5.41) is 22.5. The van der Waals surface area contributed by atoms with Gasteiger partial charge < -0.3 is 39.4 Å². The highest BCUT2D eigenvalue weighted by atomic mass is 16.7. The summed E-state index contributed by atoms with van der Waals surface area (Å²) < 4.78 is 23.7. The number of nitrogens with one attached hydrogen (secondary N) is 1. The minimum absolute atomic E-state index is 0.0432. The van der Waals surface area contributed by atoms with Crippen LogP contribution in [0.1, 0.15) is 58.0 Å². The van der Waals surface area contributed by atoms with E-state index >= 15 is 14.4 Å². The number of cyclic esters (lactones) is 1. The number of anilines is 1. The zero-order chi connectivity index (χ0) is 43.8. The van der Waals surface area contributed by atoms with Crippen molar-refractivity contribution in [2.45, 2.75) is 42.6 Å². The SMILES string of the molecule is O=C1OC(c2ccccc2)C(c2ccccc2)N2C1C(C(=O)N1CCN(Cc3ccc4c(c3)OCO4)CC1)C1(C(=O)Nc3ccc(C#CCCO)cc31)C2c1cccc(OCCO)c1. The number of hydrogen-bond donors (Lipinski definition) is 3. The van der Waals surface area contributed by atoms with Gasteiger partial charge in [0.05, 0.1) is 31.2 Å². The molecule has 64 heavy (non-hydrogen) atoms. The third kappa shape index (κ3) is 7.22. The van der Waals surface area contributed by atoms with Crippen LogP contribution in [0.4, 0.5) is 5.69 Å². The van der Waals surface area contributed by atoms with Crippen LogP contribution in [0.15, 0.2) is 121 Å². The lowest BCUT2D eigenvalue weighted by Crippen LogP contribution is -2.58. The Bertz CT molecular complexity index is 2630. The fourth-order valence-corrected chi connectivity index (χ4v) is 10.4. The zero-order valence-corrected chi connectivity index (χ0v) is 35.1. The Kier molecular flexibility index (Phi) is 11.3. The van der Waals surface area contributed by atoms with Crippen molar-refractivity contribution in [2.24, 2.45) is 5.92 Å². The number of benzene rings is 5. The molecule has 3 saturated heterocycles. The summed E-state index contributed by atoms with van der Waals surface area (Å²) in [6.45, 7) is 2.40. The number of fused-ring (bicyclic) bond motifs is 4. The van der Waals surface area contributed by atoms with Crippen LogP contribution in [0, 0.1) is 17.8 Å². The van der Waals surface area contributed by atoms with Gasteiger partial charge in [-0.15, -0.1) is 0 Å². The van der Waals surface area contributed by atoms with Gasteiger partial charge in [-0.2, -0.15) is 0 Å². The van der Waals surface area contributed by atoms with Crippen LogP contribution in [0.3, 0.4) is 0 Å². The molecular weight excluding hydrogens is 813 g/mol. The van der Waals surface area contributed by atoms with Crippen LogP contribution < -0.4 is 19.5 Å². The Labute approximate surface area is 371 Å². The molecule has 5 aromatic carbocycles. The van der Waals surface area contributed by atoms with Crippen molar-refractivity contribution in [3.63, 3.8) is 0 Å². The highest BCUT2D eigenvalue weighted by Crippen LogP contribution is 2.65. The molecule has 6 unspecified atom stereocenters. The maximum Gasteiger partial charge on any atom is 0.324 e. The predicted molar refractivity (Wildman–Crippen MR) is 235 cm³/mol. The second-order valence-electron chi connectivity index (χ2n) is 16.7. The molecule has 6 atom stereocenters. The van der Waals surface area contributed by atoms with Crippen molar-refractivity contribution in [2.75, 3.05) is 58.1 Å². The first-order chi connectivity index (χ1) is 31.4. The maximum atomic E-state index is 15.9. The van der Waals surface area contributed by atoms with Gasteiger partial charge in [0.25, 0.3) is 0 Å². The summed E-state index contributed by atoms with van der Waals surface area (Å²) in [6.07, 6.45) is -0.555. The van der Waals surface area contributed by atoms with E-state index < -0.39 is 47.4 Å². The van der Waals surface area contributed by atoms with E-state index in [0.717, 1.165) is 16.7 Å². The number of carbonyl (C=O) groups is 3. The van der Waals surface area contributed by atoms with Crippen molar-refractivity contribution in [1.29, 1.82) is 0 Å². The molecule has 5 aromatic rings. The number of carbonyl (C=O) groups excluding carboxylic acids is 3. The van der Waals surface area contributed by atoms with Gasteiger partial charge in [0, 0.05) is 50.4 Å². The number of rotatable bonds is 10. The smallest absolute Gasteiger partial charge is 0.324 e. The van der Waals surface area contributed by atoms with E-state index in [9.17, 15) is 10.2 Å². The average molecular weight is 861 g/mol. The molecule has 0 bridgehead atoms. The van der Waals surface area contributed by atoms with Gasteiger partial charge in [0.2, 0.25) is 18.6 Å². The summed E-state index contributed by atoms with van der Waals surface area (Å²) in [7, 11) is 0. The Balaban J connectivity index is 1.14. The molecular formula is C51H48N4O9. The van der Waals surface area contributed by atoms with Gasteiger partial charge in [-0.05, 0) is 70.3 Å². The Morgan fingerprint density at radius 2 is 1.53 bits per heavy atom. The van der Waals surface area contributed by atoms with Crippen LogP contribution in [-0.4, -0.2) is 102 Å². The number of piperazine rings is 1. The largest absolute Gasteiger partial charge is 0.491 e. The number of esters is 1. The van der Waals surface area contributed by atoms with E-state index in [-0.39, 0.29) is 38.9 Å². The fourth-order valence-electron chi connectivity index (χ4n) is 10.4. The van der Waals surface area contributed by atoms with Crippen molar-refractivity contribution in [1.82, 2.24) is 14.7 Å².